The summed E-state index contributed by atoms with van der Waals surface area (Å²) in [6, 6.07) is 3.20. The number of ether oxygens (including phenoxy) is 1. The number of amides is 3. The fraction of sp³-hybridized carbons (Fsp3) is 0.409. The molecule has 0 radical (unpaired) electrons. The van der Waals surface area contributed by atoms with Gasteiger partial charge in [0.05, 0.1) is 12.0 Å². The number of benzene rings is 1. The smallest absolute Gasteiger partial charge is 0.415 e. The molecule has 0 heterocycles. The van der Waals surface area contributed by atoms with Gasteiger partial charge in [0.15, 0.2) is 6.67 Å². The van der Waals surface area contributed by atoms with E-state index >= 15 is 0 Å². The van der Waals surface area contributed by atoms with Gasteiger partial charge in [-0.05, 0) is 25.0 Å². The number of nitrogens with one attached hydrogen (secondary N) is 3. The minimum Gasteiger partial charge on any atom is -0.481 e. The Bertz CT molecular complexity index is 982. The van der Waals surface area contributed by atoms with Crippen molar-refractivity contribution in [3.8, 4) is 0 Å². The summed E-state index contributed by atoms with van der Waals surface area (Å²) in [5.41, 5.74) is 0.107. The van der Waals surface area contributed by atoms with Crippen molar-refractivity contribution in [2.75, 3.05) is 6.67 Å². The van der Waals surface area contributed by atoms with E-state index in [0.29, 0.717) is 0 Å². The summed E-state index contributed by atoms with van der Waals surface area (Å²) in [6.07, 6.45) is -2.18. The van der Waals surface area contributed by atoms with Gasteiger partial charge in [0.1, 0.15) is 18.1 Å². The fourth-order valence-corrected chi connectivity index (χ4v) is 2.72. The normalized spacial score (nSPS) is 13.1. The second-order valence-electron chi connectivity index (χ2n) is 7.72. The predicted octanol–water partition coefficient (Wildman–Crippen LogP) is 0.150. The molecule has 0 aliphatic heterocycles. The second-order valence-corrected chi connectivity index (χ2v) is 7.72. The molecular formula is C22H26FN3O9. The van der Waals surface area contributed by atoms with E-state index in [0.717, 1.165) is 0 Å². The molecule has 190 valence electrons. The highest BCUT2D eigenvalue weighted by molar-refractivity contribution is 6.40. The molecule has 0 aromatic heterocycles. The summed E-state index contributed by atoms with van der Waals surface area (Å²) in [5.74, 6) is -7.83. The van der Waals surface area contributed by atoms with Gasteiger partial charge in [-0.3, -0.25) is 24.0 Å². The molecule has 35 heavy (non-hydrogen) atoms. The lowest BCUT2D eigenvalue weighted by molar-refractivity contribution is -0.143. The molecule has 0 unspecified atom stereocenters. The summed E-state index contributed by atoms with van der Waals surface area (Å²) in [6.45, 7) is 2.67. The molecule has 3 amide bonds. The number of alkyl halides is 1. The third-order valence-corrected chi connectivity index (χ3v) is 4.58. The summed E-state index contributed by atoms with van der Waals surface area (Å²) >= 11 is 0. The number of carbonyl (C=O) groups is 7. The minimum absolute atomic E-state index is 0.107. The quantitative estimate of drug-likeness (QED) is 0.178. The number of hydrogen-bond acceptors (Lipinski definition) is 8. The van der Waals surface area contributed by atoms with Crippen LogP contribution in [0.15, 0.2) is 30.3 Å². The third-order valence-electron chi connectivity index (χ3n) is 4.58. The summed E-state index contributed by atoms with van der Waals surface area (Å²) in [4.78, 5) is 83.2. The van der Waals surface area contributed by atoms with Crippen molar-refractivity contribution < 1.29 is 47.8 Å². The lowest BCUT2D eigenvalue weighted by atomic mass is 10.0. The van der Waals surface area contributed by atoms with Crippen LogP contribution in [0, 0.1) is 5.92 Å². The Morgan fingerprint density at radius 3 is 2.03 bits per heavy atom. The van der Waals surface area contributed by atoms with Crippen LogP contribution in [0.1, 0.15) is 37.6 Å². The van der Waals surface area contributed by atoms with E-state index in [9.17, 15) is 38.0 Å². The molecular weight excluding hydrogens is 469 g/mol. The van der Waals surface area contributed by atoms with E-state index < -0.39 is 78.6 Å². The Morgan fingerprint density at radius 2 is 1.51 bits per heavy atom. The lowest BCUT2D eigenvalue weighted by Crippen LogP contribution is -2.56. The highest BCUT2D eigenvalue weighted by Gasteiger charge is 2.32. The number of halogens is 1. The topological polar surface area (TPSA) is 185 Å². The lowest BCUT2D eigenvalue weighted by Gasteiger charge is -2.24. The Hall–Kier alpha value is -4.16. The Morgan fingerprint density at radius 1 is 0.914 bits per heavy atom. The van der Waals surface area contributed by atoms with Gasteiger partial charge in [0, 0.05) is 0 Å². The largest absolute Gasteiger partial charge is 0.481 e. The maximum atomic E-state index is 12.6. The monoisotopic (exact) mass is 495 g/mol. The number of rotatable bonds is 12. The number of Topliss-reactive ketones (excluding diaryl/α,β-unsaturated/α-hetero) is 2. The predicted molar refractivity (Wildman–Crippen MR) is 117 cm³/mol. The number of alkyl carbamates (subject to hydrolysis) is 1. The maximum Gasteiger partial charge on any atom is 0.415 e. The molecule has 0 saturated carbocycles. The van der Waals surface area contributed by atoms with E-state index in [4.69, 9.17) is 5.11 Å². The number of aliphatic carboxylic acids is 1. The molecule has 0 saturated heterocycles. The molecule has 0 spiro atoms. The van der Waals surface area contributed by atoms with E-state index in [1.54, 1.807) is 32.0 Å². The van der Waals surface area contributed by atoms with Gasteiger partial charge >= 0.3 is 18.0 Å². The van der Waals surface area contributed by atoms with Crippen LogP contribution in [-0.2, 0) is 28.7 Å². The van der Waals surface area contributed by atoms with Crippen LogP contribution in [-0.4, -0.2) is 71.3 Å². The van der Waals surface area contributed by atoms with Crippen molar-refractivity contribution >= 4 is 41.4 Å². The van der Waals surface area contributed by atoms with E-state index in [1.807, 2.05) is 5.32 Å². The molecule has 12 nitrogen and oxygen atoms in total. The number of esters is 1. The zero-order valence-corrected chi connectivity index (χ0v) is 19.2. The highest BCUT2D eigenvalue weighted by atomic mass is 19.1. The molecule has 1 rings (SSSR count). The average molecular weight is 495 g/mol. The van der Waals surface area contributed by atoms with Gasteiger partial charge in [-0.1, -0.05) is 32.0 Å². The first-order chi connectivity index (χ1) is 16.4. The fourth-order valence-electron chi connectivity index (χ4n) is 2.72. The van der Waals surface area contributed by atoms with Crippen LogP contribution in [0.25, 0.3) is 0 Å². The Labute approximate surface area is 199 Å². The zero-order chi connectivity index (χ0) is 26.7. The first-order valence-corrected chi connectivity index (χ1v) is 10.4. The number of ketones is 2. The average Bonchev–Trinajstić information content (AvgIpc) is 2.80. The van der Waals surface area contributed by atoms with Crippen molar-refractivity contribution in [2.24, 2.45) is 5.92 Å². The molecule has 1 aromatic carbocycles. The molecule has 1 aromatic rings. The van der Waals surface area contributed by atoms with E-state index in [2.05, 4.69) is 15.4 Å². The van der Waals surface area contributed by atoms with Crippen LogP contribution >= 0.6 is 0 Å². The van der Waals surface area contributed by atoms with Crippen LogP contribution in [0.4, 0.5) is 9.18 Å². The van der Waals surface area contributed by atoms with Crippen molar-refractivity contribution in [1.29, 1.82) is 0 Å². The van der Waals surface area contributed by atoms with Crippen LogP contribution in [0.3, 0.4) is 0 Å². The number of carboxylic acids is 1. The third kappa shape index (κ3) is 9.31. The Balaban J connectivity index is 2.79. The molecule has 0 fully saturated rings. The molecule has 0 bridgehead atoms. The number of hydrogen-bond donors (Lipinski definition) is 4. The summed E-state index contributed by atoms with van der Waals surface area (Å²) in [5, 5.41) is 15.4. The van der Waals surface area contributed by atoms with Gasteiger partial charge in [-0.2, -0.15) is 0 Å². The number of carboxylic acid groups (broad SMARTS) is 1. The van der Waals surface area contributed by atoms with E-state index in [1.165, 1.54) is 19.1 Å². The first kappa shape index (κ1) is 28.9. The molecule has 3 atom stereocenters. The van der Waals surface area contributed by atoms with Crippen molar-refractivity contribution in [2.45, 2.75) is 45.3 Å². The van der Waals surface area contributed by atoms with Gasteiger partial charge in [-0.25, -0.2) is 14.0 Å². The molecule has 4 N–H and O–H groups in total. The minimum atomic E-state index is -1.83. The SMILES string of the molecule is CC(C)[C@H](NC(=O)OC(=O)c1ccccc1)C(=O)N[C@@H](C)C(=O)N[C@@H](CC(=O)O)C(=O)C(=O)CF. The summed E-state index contributed by atoms with van der Waals surface area (Å²) in [7, 11) is 0. The first-order valence-electron chi connectivity index (χ1n) is 10.4. The highest BCUT2D eigenvalue weighted by Crippen LogP contribution is 2.06. The van der Waals surface area contributed by atoms with Gasteiger partial charge < -0.3 is 25.8 Å². The van der Waals surface area contributed by atoms with Crippen molar-refractivity contribution in [3.63, 3.8) is 0 Å². The van der Waals surface area contributed by atoms with Gasteiger partial charge in [-0.15, -0.1) is 0 Å². The molecule has 13 heteroatoms. The van der Waals surface area contributed by atoms with Gasteiger partial charge in [0.2, 0.25) is 23.4 Å². The van der Waals surface area contributed by atoms with Crippen molar-refractivity contribution in [3.05, 3.63) is 35.9 Å². The van der Waals surface area contributed by atoms with Crippen LogP contribution in [0.5, 0.6) is 0 Å². The van der Waals surface area contributed by atoms with Crippen LogP contribution < -0.4 is 16.0 Å². The van der Waals surface area contributed by atoms with Crippen LogP contribution in [0.2, 0.25) is 0 Å². The Kier molecular flexibility index (Phi) is 11.2. The van der Waals surface area contributed by atoms with Crippen molar-refractivity contribution in [1.82, 2.24) is 16.0 Å². The number of carbonyl (C=O) groups excluding carboxylic acids is 6. The van der Waals surface area contributed by atoms with Gasteiger partial charge in [0.25, 0.3) is 0 Å². The molecule has 0 aliphatic rings. The van der Waals surface area contributed by atoms with E-state index in [-0.39, 0.29) is 5.56 Å². The zero-order valence-electron chi connectivity index (χ0n) is 19.2. The maximum absolute atomic E-state index is 12.6. The second kappa shape index (κ2) is 13.5. The molecule has 0 aliphatic carbocycles. The standard InChI is InChI=1S/C22H26FN3O9/c1-11(2)17(26-22(34)35-21(33)13-7-5-4-6-8-13)20(32)24-12(3)19(31)25-14(9-16(28)29)18(30)15(27)10-23/h4-8,11-12,14,17H,9-10H2,1-3H3,(H,24,32)(H,25,31)(H,26,34)(H,28,29)/t12-,14-,17-/m0/s1. The summed E-state index contributed by atoms with van der Waals surface area (Å²) < 4.78 is 17.2.